The molecule has 1 aromatic carbocycles. The third-order valence-electron chi connectivity index (χ3n) is 2.76. The number of likely N-dealkylation sites (N-methyl/N-ethyl adjacent to an activating group) is 1. The lowest BCUT2D eigenvalue weighted by molar-refractivity contribution is -0.143. The van der Waals surface area contributed by atoms with Gasteiger partial charge in [0, 0.05) is 11.4 Å². The second-order valence-electron chi connectivity index (χ2n) is 4.36. The normalized spacial score (nSPS) is 10.3. The van der Waals surface area contributed by atoms with E-state index in [4.69, 9.17) is 5.11 Å². The molecule has 104 valence electrons. The Kier molecular flexibility index (Phi) is 5.89. The minimum absolute atomic E-state index is 0.143. The van der Waals surface area contributed by atoms with Crippen molar-refractivity contribution in [3.63, 3.8) is 0 Å². The molecule has 19 heavy (non-hydrogen) atoms. The van der Waals surface area contributed by atoms with Crippen molar-refractivity contribution in [2.75, 3.05) is 18.8 Å². The number of aryl methyl sites for hydroxylation is 2. The van der Waals surface area contributed by atoms with Gasteiger partial charge in [0.2, 0.25) is 5.91 Å². The number of hydrogen-bond acceptors (Lipinski definition) is 3. The van der Waals surface area contributed by atoms with Crippen LogP contribution in [0.15, 0.2) is 23.1 Å². The summed E-state index contributed by atoms with van der Waals surface area (Å²) >= 11 is 1.46. The van der Waals surface area contributed by atoms with Crippen LogP contribution in [0.4, 0.5) is 0 Å². The van der Waals surface area contributed by atoms with E-state index < -0.39 is 5.97 Å². The molecule has 0 saturated heterocycles. The van der Waals surface area contributed by atoms with Crippen molar-refractivity contribution in [1.29, 1.82) is 0 Å². The number of aliphatic carboxylic acids is 1. The molecular weight excluding hydrogens is 262 g/mol. The van der Waals surface area contributed by atoms with Crippen LogP contribution in [0.25, 0.3) is 0 Å². The molecule has 1 aromatic rings. The molecule has 0 saturated carbocycles. The number of nitrogens with zero attached hydrogens (tertiary/aromatic N) is 1. The van der Waals surface area contributed by atoms with Gasteiger partial charge in [-0.25, -0.2) is 0 Å². The molecule has 4 nitrogen and oxygen atoms in total. The lowest BCUT2D eigenvalue weighted by atomic mass is 10.2. The molecule has 0 aliphatic heterocycles. The standard InChI is InChI=1S/C14H19NO3S/c1-4-15(8-14(17)18)13(16)9-19-12-7-10(2)5-6-11(12)3/h5-7H,4,8-9H2,1-3H3,(H,17,18). The number of carboxylic acids is 1. The number of amides is 1. The van der Waals surface area contributed by atoms with Crippen LogP contribution < -0.4 is 0 Å². The summed E-state index contributed by atoms with van der Waals surface area (Å²) in [6.45, 7) is 5.97. The smallest absolute Gasteiger partial charge is 0.323 e. The summed E-state index contributed by atoms with van der Waals surface area (Å²) in [4.78, 5) is 25.0. The Morgan fingerprint density at radius 1 is 1.32 bits per heavy atom. The molecule has 0 spiro atoms. The van der Waals surface area contributed by atoms with Crippen LogP contribution in [0.1, 0.15) is 18.1 Å². The molecule has 0 radical (unpaired) electrons. The fourth-order valence-corrected chi connectivity index (χ4v) is 2.66. The number of benzene rings is 1. The average Bonchev–Trinajstić information content (AvgIpc) is 2.36. The maximum absolute atomic E-state index is 11.9. The largest absolute Gasteiger partial charge is 0.480 e. The molecule has 0 fully saturated rings. The second-order valence-corrected chi connectivity index (χ2v) is 5.38. The molecule has 0 aromatic heterocycles. The van der Waals surface area contributed by atoms with E-state index in [1.807, 2.05) is 32.0 Å². The van der Waals surface area contributed by atoms with Crippen LogP contribution >= 0.6 is 11.8 Å². The van der Waals surface area contributed by atoms with E-state index in [0.717, 1.165) is 16.0 Å². The van der Waals surface area contributed by atoms with Gasteiger partial charge in [0.15, 0.2) is 0 Å². The van der Waals surface area contributed by atoms with Crippen molar-refractivity contribution < 1.29 is 14.7 Å². The van der Waals surface area contributed by atoms with Gasteiger partial charge in [-0.2, -0.15) is 0 Å². The van der Waals surface area contributed by atoms with Crippen molar-refractivity contribution in [3.05, 3.63) is 29.3 Å². The first-order chi connectivity index (χ1) is 8.93. The predicted molar refractivity (Wildman–Crippen MR) is 76.5 cm³/mol. The molecule has 0 unspecified atom stereocenters. The van der Waals surface area contributed by atoms with Crippen molar-refractivity contribution in [2.45, 2.75) is 25.7 Å². The highest BCUT2D eigenvalue weighted by Crippen LogP contribution is 2.23. The third-order valence-corrected chi connectivity index (χ3v) is 3.90. The summed E-state index contributed by atoms with van der Waals surface area (Å²) < 4.78 is 0. The van der Waals surface area contributed by atoms with E-state index in [0.29, 0.717) is 6.54 Å². The molecule has 0 heterocycles. The zero-order valence-electron chi connectivity index (χ0n) is 11.5. The monoisotopic (exact) mass is 281 g/mol. The first-order valence-corrected chi connectivity index (χ1v) is 7.12. The van der Waals surface area contributed by atoms with Gasteiger partial charge in [-0.3, -0.25) is 9.59 Å². The van der Waals surface area contributed by atoms with E-state index in [1.54, 1.807) is 6.92 Å². The Bertz CT molecular complexity index is 474. The van der Waals surface area contributed by atoms with Crippen LogP contribution in [-0.2, 0) is 9.59 Å². The van der Waals surface area contributed by atoms with Gasteiger partial charge in [-0.1, -0.05) is 17.7 Å². The van der Waals surface area contributed by atoms with Crippen molar-refractivity contribution >= 4 is 23.6 Å². The number of thioether (sulfide) groups is 1. The average molecular weight is 281 g/mol. The SMILES string of the molecule is CCN(CC(=O)O)C(=O)CSc1cc(C)ccc1C. The fraction of sp³-hybridized carbons (Fsp3) is 0.429. The van der Waals surface area contributed by atoms with Crippen molar-refractivity contribution in [2.24, 2.45) is 0 Å². The number of hydrogen-bond donors (Lipinski definition) is 1. The first kappa shape index (κ1) is 15.6. The highest BCUT2D eigenvalue weighted by Gasteiger charge is 2.15. The Morgan fingerprint density at radius 3 is 2.58 bits per heavy atom. The van der Waals surface area contributed by atoms with Crippen LogP contribution in [0.3, 0.4) is 0 Å². The van der Waals surface area contributed by atoms with Gasteiger partial charge in [-0.05, 0) is 32.4 Å². The summed E-state index contributed by atoms with van der Waals surface area (Å²) in [5.41, 5.74) is 2.28. The minimum Gasteiger partial charge on any atom is -0.480 e. The molecule has 0 aliphatic carbocycles. The Labute approximate surface area is 117 Å². The van der Waals surface area contributed by atoms with Crippen molar-refractivity contribution in [1.82, 2.24) is 4.90 Å². The Morgan fingerprint density at radius 2 is 2.00 bits per heavy atom. The fourth-order valence-electron chi connectivity index (χ4n) is 1.63. The number of rotatable bonds is 6. The molecule has 0 atom stereocenters. The van der Waals surface area contributed by atoms with Gasteiger partial charge in [0.1, 0.15) is 6.54 Å². The van der Waals surface area contributed by atoms with Gasteiger partial charge >= 0.3 is 5.97 Å². The topological polar surface area (TPSA) is 57.6 Å². The van der Waals surface area contributed by atoms with Crippen LogP contribution in [0, 0.1) is 13.8 Å². The van der Waals surface area contributed by atoms with Crippen LogP contribution in [0.5, 0.6) is 0 Å². The first-order valence-electron chi connectivity index (χ1n) is 6.13. The summed E-state index contributed by atoms with van der Waals surface area (Å²) in [7, 11) is 0. The lowest BCUT2D eigenvalue weighted by Crippen LogP contribution is -2.36. The highest BCUT2D eigenvalue weighted by molar-refractivity contribution is 8.00. The van der Waals surface area contributed by atoms with E-state index in [2.05, 4.69) is 0 Å². The summed E-state index contributed by atoms with van der Waals surface area (Å²) in [5, 5.41) is 8.73. The quantitative estimate of drug-likeness (QED) is 0.813. The van der Waals surface area contributed by atoms with Crippen molar-refractivity contribution in [3.8, 4) is 0 Å². The zero-order chi connectivity index (χ0) is 14.4. The molecule has 1 N–H and O–H groups in total. The lowest BCUT2D eigenvalue weighted by Gasteiger charge is -2.18. The van der Waals surface area contributed by atoms with E-state index in [-0.39, 0.29) is 18.2 Å². The maximum atomic E-state index is 11.9. The number of carbonyl (C=O) groups excluding carboxylic acids is 1. The second kappa shape index (κ2) is 7.19. The van der Waals surface area contributed by atoms with E-state index in [1.165, 1.54) is 16.7 Å². The van der Waals surface area contributed by atoms with Gasteiger partial charge in [-0.15, -0.1) is 11.8 Å². The van der Waals surface area contributed by atoms with Gasteiger partial charge in [0.05, 0.1) is 5.75 Å². The summed E-state index contributed by atoms with van der Waals surface area (Å²) in [6.07, 6.45) is 0. The zero-order valence-corrected chi connectivity index (χ0v) is 12.3. The molecule has 1 amide bonds. The van der Waals surface area contributed by atoms with Gasteiger partial charge in [0.25, 0.3) is 0 Å². The Hall–Kier alpha value is -1.49. The maximum Gasteiger partial charge on any atom is 0.323 e. The molecule has 0 aliphatic rings. The summed E-state index contributed by atoms with van der Waals surface area (Å²) in [6, 6.07) is 6.10. The summed E-state index contributed by atoms with van der Waals surface area (Å²) in [5.74, 6) is -0.853. The molecule has 1 rings (SSSR count). The molecule has 0 bridgehead atoms. The van der Waals surface area contributed by atoms with E-state index in [9.17, 15) is 9.59 Å². The minimum atomic E-state index is -0.980. The highest BCUT2D eigenvalue weighted by atomic mass is 32.2. The van der Waals surface area contributed by atoms with Crippen LogP contribution in [0.2, 0.25) is 0 Å². The number of carbonyl (C=O) groups is 2. The number of carboxylic acid groups (broad SMARTS) is 1. The molecular formula is C14H19NO3S. The third kappa shape index (κ3) is 4.95. The van der Waals surface area contributed by atoms with Gasteiger partial charge < -0.3 is 10.0 Å². The molecule has 5 heteroatoms. The Balaban J connectivity index is 2.62. The predicted octanol–water partition coefficient (Wildman–Crippen LogP) is 2.33. The van der Waals surface area contributed by atoms with E-state index >= 15 is 0 Å². The van der Waals surface area contributed by atoms with Crippen LogP contribution in [-0.4, -0.2) is 40.7 Å².